The summed E-state index contributed by atoms with van der Waals surface area (Å²) in [5, 5.41) is 11.6. The Balaban J connectivity index is 2.37. The predicted octanol–water partition coefficient (Wildman–Crippen LogP) is 1.72. The maximum atomic E-state index is 4.14. The molecule has 4 nitrogen and oxygen atoms in total. The van der Waals surface area contributed by atoms with Gasteiger partial charge in [0.1, 0.15) is 0 Å². The number of nitrogens with one attached hydrogen (secondary N) is 1. The first-order valence-corrected chi connectivity index (χ1v) is 7.43. The summed E-state index contributed by atoms with van der Waals surface area (Å²) in [7, 11) is 1.91. The summed E-state index contributed by atoms with van der Waals surface area (Å²) >= 11 is 2.02. The molecule has 17 heavy (non-hydrogen) atoms. The van der Waals surface area contributed by atoms with Crippen molar-refractivity contribution < 1.29 is 0 Å². The highest BCUT2D eigenvalue weighted by atomic mass is 32.2. The number of thioether (sulfide) groups is 1. The fraction of sp³-hybridized carbons (Fsp3) is 0.833. The third-order valence-corrected chi connectivity index (χ3v) is 3.91. The standard InChI is InChI=1S/C12H24N4S/c1-5-13-12(9-17-8-10(2)3)6-11-7-16(4)15-14-11/h7,10,12-13H,5-6,8-9H2,1-4H3. The van der Waals surface area contributed by atoms with E-state index in [0.717, 1.165) is 30.3 Å². The molecule has 0 aliphatic carbocycles. The van der Waals surface area contributed by atoms with Crippen LogP contribution in [-0.2, 0) is 13.5 Å². The average molecular weight is 256 g/mol. The lowest BCUT2D eigenvalue weighted by Gasteiger charge is -2.16. The van der Waals surface area contributed by atoms with E-state index < -0.39 is 0 Å². The molecular formula is C12H24N4S. The Morgan fingerprint density at radius 3 is 2.71 bits per heavy atom. The van der Waals surface area contributed by atoms with Gasteiger partial charge in [0.25, 0.3) is 0 Å². The van der Waals surface area contributed by atoms with Crippen molar-refractivity contribution >= 4 is 11.8 Å². The SMILES string of the molecule is CCNC(CSCC(C)C)Cc1cn(C)nn1. The molecule has 5 heteroatoms. The largest absolute Gasteiger partial charge is 0.313 e. The summed E-state index contributed by atoms with van der Waals surface area (Å²) in [6.45, 7) is 7.68. The van der Waals surface area contributed by atoms with Crippen molar-refractivity contribution in [3.63, 3.8) is 0 Å². The monoisotopic (exact) mass is 256 g/mol. The smallest absolute Gasteiger partial charge is 0.0842 e. The van der Waals surface area contributed by atoms with E-state index in [1.54, 1.807) is 4.68 Å². The maximum Gasteiger partial charge on any atom is 0.0842 e. The Bertz CT molecular complexity index is 311. The van der Waals surface area contributed by atoms with Crippen LogP contribution in [0.4, 0.5) is 0 Å². The highest BCUT2D eigenvalue weighted by molar-refractivity contribution is 7.99. The van der Waals surface area contributed by atoms with Crippen LogP contribution in [0.2, 0.25) is 0 Å². The van der Waals surface area contributed by atoms with E-state index in [-0.39, 0.29) is 0 Å². The molecule has 1 N–H and O–H groups in total. The van der Waals surface area contributed by atoms with Crippen molar-refractivity contribution in [2.24, 2.45) is 13.0 Å². The molecule has 1 unspecified atom stereocenters. The first kappa shape index (κ1) is 14.5. The first-order valence-electron chi connectivity index (χ1n) is 6.28. The fourth-order valence-electron chi connectivity index (χ4n) is 1.67. The zero-order valence-electron chi connectivity index (χ0n) is 11.3. The van der Waals surface area contributed by atoms with Crippen molar-refractivity contribution in [1.82, 2.24) is 20.3 Å². The molecule has 0 spiro atoms. The summed E-state index contributed by atoms with van der Waals surface area (Å²) in [5.41, 5.74) is 1.07. The topological polar surface area (TPSA) is 42.7 Å². The molecule has 0 bridgehead atoms. The van der Waals surface area contributed by atoms with Crippen molar-refractivity contribution in [1.29, 1.82) is 0 Å². The van der Waals surface area contributed by atoms with Gasteiger partial charge in [0.2, 0.25) is 0 Å². The van der Waals surface area contributed by atoms with Crippen molar-refractivity contribution in [2.75, 3.05) is 18.1 Å². The lowest BCUT2D eigenvalue weighted by Crippen LogP contribution is -2.33. The molecule has 0 saturated carbocycles. The van der Waals surface area contributed by atoms with E-state index in [1.165, 1.54) is 5.75 Å². The molecule has 0 fully saturated rings. The summed E-state index contributed by atoms with van der Waals surface area (Å²) in [5.74, 6) is 3.13. The molecule has 0 radical (unpaired) electrons. The Kier molecular flexibility index (Phi) is 6.58. The number of rotatable bonds is 8. The van der Waals surface area contributed by atoms with Gasteiger partial charge in [-0.1, -0.05) is 26.0 Å². The second-order valence-corrected chi connectivity index (χ2v) is 5.85. The number of nitrogens with zero attached hydrogens (tertiary/aromatic N) is 3. The third-order valence-electron chi connectivity index (χ3n) is 2.37. The first-order chi connectivity index (χ1) is 8.11. The van der Waals surface area contributed by atoms with E-state index in [0.29, 0.717) is 6.04 Å². The summed E-state index contributed by atoms with van der Waals surface area (Å²) in [4.78, 5) is 0. The minimum Gasteiger partial charge on any atom is -0.313 e. The van der Waals surface area contributed by atoms with E-state index in [2.05, 4.69) is 36.4 Å². The highest BCUT2D eigenvalue weighted by Crippen LogP contribution is 2.11. The quantitative estimate of drug-likeness (QED) is 0.769. The van der Waals surface area contributed by atoms with Crippen molar-refractivity contribution in [3.8, 4) is 0 Å². The zero-order chi connectivity index (χ0) is 12.7. The van der Waals surface area contributed by atoms with Gasteiger partial charge in [0.05, 0.1) is 5.69 Å². The Morgan fingerprint density at radius 1 is 1.41 bits per heavy atom. The van der Waals surface area contributed by atoms with Gasteiger partial charge in [-0.15, -0.1) is 5.10 Å². The maximum absolute atomic E-state index is 4.14. The Labute approximate surface area is 109 Å². The summed E-state index contributed by atoms with van der Waals surface area (Å²) in [6, 6.07) is 0.500. The molecule has 1 aromatic rings. The molecule has 0 aromatic carbocycles. The molecule has 1 heterocycles. The normalized spacial score (nSPS) is 13.2. The molecule has 0 amide bonds. The van der Waals surface area contributed by atoms with E-state index in [4.69, 9.17) is 0 Å². The van der Waals surface area contributed by atoms with Gasteiger partial charge in [-0.05, 0) is 18.2 Å². The minimum atomic E-state index is 0.500. The van der Waals surface area contributed by atoms with Crippen LogP contribution in [0.3, 0.4) is 0 Å². The lowest BCUT2D eigenvalue weighted by molar-refractivity contribution is 0.565. The van der Waals surface area contributed by atoms with Crippen LogP contribution in [0.5, 0.6) is 0 Å². The lowest BCUT2D eigenvalue weighted by atomic mass is 10.2. The highest BCUT2D eigenvalue weighted by Gasteiger charge is 2.11. The number of likely N-dealkylation sites (N-methyl/N-ethyl adjacent to an activating group) is 1. The van der Waals surface area contributed by atoms with Gasteiger partial charge in [-0.25, -0.2) is 0 Å². The molecule has 1 atom stereocenters. The molecule has 0 aliphatic heterocycles. The van der Waals surface area contributed by atoms with E-state index in [9.17, 15) is 0 Å². The van der Waals surface area contributed by atoms with Crippen LogP contribution in [0, 0.1) is 5.92 Å². The summed E-state index contributed by atoms with van der Waals surface area (Å²) in [6.07, 6.45) is 2.96. The van der Waals surface area contributed by atoms with Crippen LogP contribution >= 0.6 is 11.8 Å². The van der Waals surface area contributed by atoms with Crippen LogP contribution in [0.15, 0.2) is 6.20 Å². The number of aromatic nitrogens is 3. The molecule has 98 valence electrons. The molecule has 1 aromatic heterocycles. The minimum absolute atomic E-state index is 0.500. The second-order valence-electron chi connectivity index (χ2n) is 4.77. The average Bonchev–Trinajstić information content (AvgIpc) is 2.63. The van der Waals surface area contributed by atoms with Gasteiger partial charge < -0.3 is 5.32 Å². The van der Waals surface area contributed by atoms with Gasteiger partial charge >= 0.3 is 0 Å². The number of aryl methyl sites for hydroxylation is 1. The zero-order valence-corrected chi connectivity index (χ0v) is 12.1. The van der Waals surface area contributed by atoms with Crippen LogP contribution in [0.1, 0.15) is 26.5 Å². The Hall–Kier alpha value is -0.550. The van der Waals surface area contributed by atoms with Gasteiger partial charge in [0, 0.05) is 31.5 Å². The van der Waals surface area contributed by atoms with Crippen LogP contribution < -0.4 is 5.32 Å². The van der Waals surface area contributed by atoms with Gasteiger partial charge in [-0.2, -0.15) is 11.8 Å². The predicted molar refractivity (Wildman–Crippen MR) is 74.3 cm³/mol. The summed E-state index contributed by atoms with van der Waals surface area (Å²) < 4.78 is 1.76. The van der Waals surface area contributed by atoms with Crippen molar-refractivity contribution in [2.45, 2.75) is 33.2 Å². The third kappa shape index (κ3) is 6.07. The van der Waals surface area contributed by atoms with Gasteiger partial charge in [-0.3, -0.25) is 4.68 Å². The Morgan fingerprint density at radius 2 is 2.18 bits per heavy atom. The molecule has 1 rings (SSSR count). The van der Waals surface area contributed by atoms with E-state index in [1.807, 2.05) is 25.0 Å². The number of hydrogen-bond acceptors (Lipinski definition) is 4. The van der Waals surface area contributed by atoms with Crippen LogP contribution in [0.25, 0.3) is 0 Å². The molecule has 0 aliphatic rings. The van der Waals surface area contributed by atoms with Crippen molar-refractivity contribution in [3.05, 3.63) is 11.9 Å². The van der Waals surface area contributed by atoms with E-state index >= 15 is 0 Å². The second kappa shape index (κ2) is 7.71. The molecular weight excluding hydrogens is 232 g/mol. The van der Waals surface area contributed by atoms with Crippen LogP contribution in [-0.4, -0.2) is 39.1 Å². The van der Waals surface area contributed by atoms with Gasteiger partial charge in [0.15, 0.2) is 0 Å². The fourth-order valence-corrected chi connectivity index (χ4v) is 2.79. The number of hydrogen-bond donors (Lipinski definition) is 1. The molecule has 0 saturated heterocycles.